The molecule has 0 aromatic carbocycles. The number of carbonyl (C=O) groups is 1. The maximum atomic E-state index is 12.0. The predicted molar refractivity (Wildman–Crippen MR) is 135 cm³/mol. The topological polar surface area (TPSA) is 44.8 Å². The number of allylic oxidation sites excluding steroid dienone is 4. The zero-order valence-electron chi connectivity index (χ0n) is 20.1. The Bertz CT molecular complexity index is 415. The standard InChI is InChI=1S/C26H47BrO4/c1-3-5-7-11-16-23-30-26(31-24-17-12-8-6-4-2)20-18-19-25(28)29-22-15-13-9-10-14-21-27/h5-8,26H,3-4,9-24H2,1-2H3/b7-5-,8-6-. The quantitative estimate of drug-likeness (QED) is 0.0467. The fraction of sp³-hybridized carbons (Fsp3) is 0.808. The van der Waals surface area contributed by atoms with E-state index in [0.29, 0.717) is 26.2 Å². The lowest BCUT2D eigenvalue weighted by Gasteiger charge is -2.18. The molecule has 0 amide bonds. The molecule has 31 heavy (non-hydrogen) atoms. The average Bonchev–Trinajstić information content (AvgIpc) is 2.77. The van der Waals surface area contributed by atoms with Crippen molar-refractivity contribution in [2.75, 3.05) is 25.2 Å². The summed E-state index contributed by atoms with van der Waals surface area (Å²) in [5.41, 5.74) is 0. The summed E-state index contributed by atoms with van der Waals surface area (Å²) in [6.07, 6.45) is 22.4. The molecular weight excluding hydrogens is 456 g/mol. The molecule has 5 heteroatoms. The van der Waals surface area contributed by atoms with Gasteiger partial charge in [0.1, 0.15) is 0 Å². The number of halogens is 1. The highest BCUT2D eigenvalue weighted by molar-refractivity contribution is 9.09. The minimum Gasteiger partial charge on any atom is -0.466 e. The smallest absolute Gasteiger partial charge is 0.305 e. The van der Waals surface area contributed by atoms with Gasteiger partial charge in [-0.1, -0.05) is 73.3 Å². The molecule has 0 fully saturated rings. The maximum absolute atomic E-state index is 12.0. The molecule has 0 spiro atoms. The Labute approximate surface area is 200 Å². The third-order valence-electron chi connectivity index (χ3n) is 4.80. The summed E-state index contributed by atoms with van der Waals surface area (Å²) in [5, 5.41) is 1.07. The molecule has 0 aliphatic heterocycles. The van der Waals surface area contributed by atoms with Gasteiger partial charge in [-0.25, -0.2) is 0 Å². The van der Waals surface area contributed by atoms with Gasteiger partial charge in [-0.3, -0.25) is 4.79 Å². The van der Waals surface area contributed by atoms with Crippen molar-refractivity contribution in [3.05, 3.63) is 24.3 Å². The van der Waals surface area contributed by atoms with E-state index in [1.165, 1.54) is 19.3 Å². The van der Waals surface area contributed by atoms with E-state index in [4.69, 9.17) is 14.2 Å². The fourth-order valence-corrected chi connectivity index (χ4v) is 3.41. The number of esters is 1. The Kier molecular flexibility index (Phi) is 25.1. The van der Waals surface area contributed by atoms with Crippen LogP contribution < -0.4 is 0 Å². The van der Waals surface area contributed by atoms with Gasteiger partial charge in [-0.2, -0.15) is 0 Å². The molecule has 0 radical (unpaired) electrons. The lowest BCUT2D eigenvalue weighted by molar-refractivity contribution is -0.151. The Morgan fingerprint density at radius 1 is 0.742 bits per heavy atom. The van der Waals surface area contributed by atoms with Gasteiger partial charge in [-0.15, -0.1) is 0 Å². The van der Waals surface area contributed by atoms with Crippen LogP contribution in [-0.2, 0) is 19.0 Å². The van der Waals surface area contributed by atoms with Crippen LogP contribution in [0.5, 0.6) is 0 Å². The average molecular weight is 504 g/mol. The molecule has 0 aromatic rings. The van der Waals surface area contributed by atoms with Crippen LogP contribution in [0.4, 0.5) is 0 Å². The van der Waals surface area contributed by atoms with E-state index >= 15 is 0 Å². The van der Waals surface area contributed by atoms with Crippen molar-refractivity contribution in [3.8, 4) is 0 Å². The lowest BCUT2D eigenvalue weighted by atomic mass is 10.2. The first-order valence-corrected chi connectivity index (χ1v) is 13.6. The summed E-state index contributed by atoms with van der Waals surface area (Å²) < 4.78 is 17.3. The van der Waals surface area contributed by atoms with E-state index in [0.717, 1.165) is 69.5 Å². The zero-order chi connectivity index (χ0) is 22.8. The number of hydrogen-bond acceptors (Lipinski definition) is 4. The van der Waals surface area contributed by atoms with Crippen molar-refractivity contribution in [2.45, 2.75) is 110 Å². The zero-order valence-corrected chi connectivity index (χ0v) is 21.7. The highest BCUT2D eigenvalue weighted by Gasteiger charge is 2.11. The van der Waals surface area contributed by atoms with Gasteiger partial charge in [0.2, 0.25) is 0 Å². The summed E-state index contributed by atoms with van der Waals surface area (Å²) in [7, 11) is 0. The van der Waals surface area contributed by atoms with Crippen molar-refractivity contribution in [1.82, 2.24) is 0 Å². The normalized spacial score (nSPS) is 11.9. The van der Waals surface area contributed by atoms with Gasteiger partial charge in [0, 0.05) is 11.8 Å². The van der Waals surface area contributed by atoms with E-state index in [-0.39, 0.29) is 12.3 Å². The van der Waals surface area contributed by atoms with Crippen molar-refractivity contribution < 1.29 is 19.0 Å². The van der Waals surface area contributed by atoms with Crippen molar-refractivity contribution in [2.24, 2.45) is 0 Å². The first-order chi connectivity index (χ1) is 15.2. The molecule has 0 aromatic heterocycles. The third kappa shape index (κ3) is 23.8. The summed E-state index contributed by atoms with van der Waals surface area (Å²) in [6, 6.07) is 0. The van der Waals surface area contributed by atoms with Crippen molar-refractivity contribution >= 4 is 21.9 Å². The first-order valence-electron chi connectivity index (χ1n) is 12.5. The van der Waals surface area contributed by atoms with E-state index in [2.05, 4.69) is 54.1 Å². The minimum atomic E-state index is -0.229. The number of hydrogen-bond donors (Lipinski definition) is 0. The molecule has 0 aliphatic rings. The molecule has 182 valence electrons. The van der Waals surface area contributed by atoms with E-state index in [9.17, 15) is 4.79 Å². The van der Waals surface area contributed by atoms with Gasteiger partial charge in [0.05, 0.1) is 19.8 Å². The van der Waals surface area contributed by atoms with Crippen LogP contribution in [0.3, 0.4) is 0 Å². The third-order valence-corrected chi connectivity index (χ3v) is 5.36. The van der Waals surface area contributed by atoms with E-state index < -0.39 is 0 Å². The highest BCUT2D eigenvalue weighted by Crippen LogP contribution is 2.11. The molecule has 0 atom stereocenters. The molecular formula is C26H47BrO4. The molecule has 0 unspecified atom stereocenters. The highest BCUT2D eigenvalue weighted by atomic mass is 79.9. The second-order valence-corrected chi connectivity index (χ2v) is 8.58. The van der Waals surface area contributed by atoms with Crippen molar-refractivity contribution in [1.29, 1.82) is 0 Å². The van der Waals surface area contributed by atoms with Gasteiger partial charge < -0.3 is 14.2 Å². The number of unbranched alkanes of at least 4 members (excludes halogenated alkanes) is 6. The number of rotatable bonds is 23. The molecule has 0 saturated carbocycles. The Hall–Kier alpha value is -0.650. The van der Waals surface area contributed by atoms with Crippen molar-refractivity contribution in [3.63, 3.8) is 0 Å². The van der Waals surface area contributed by atoms with Crippen LogP contribution in [0, 0.1) is 0 Å². The molecule has 0 bridgehead atoms. The molecule has 0 heterocycles. The second-order valence-electron chi connectivity index (χ2n) is 7.78. The fourth-order valence-electron chi connectivity index (χ4n) is 3.01. The monoisotopic (exact) mass is 502 g/mol. The number of alkyl halides is 1. The van der Waals surface area contributed by atoms with E-state index in [1.54, 1.807) is 0 Å². The number of carbonyl (C=O) groups excluding carboxylic acids is 1. The van der Waals surface area contributed by atoms with Gasteiger partial charge in [0.25, 0.3) is 0 Å². The minimum absolute atomic E-state index is 0.103. The SMILES string of the molecule is CC/C=C\CCCOC(CCCC(=O)OCCCCCCCBr)OCCC/C=C\CC. The number of ether oxygens (including phenoxy) is 3. The Balaban J connectivity index is 3.98. The van der Waals surface area contributed by atoms with Crippen LogP contribution in [0.1, 0.15) is 104 Å². The molecule has 0 N–H and O–H groups in total. The summed E-state index contributed by atoms with van der Waals surface area (Å²) in [6.45, 7) is 6.20. The van der Waals surface area contributed by atoms with Crippen LogP contribution in [-0.4, -0.2) is 37.4 Å². The predicted octanol–water partition coefficient (Wildman–Crippen LogP) is 7.90. The Morgan fingerprint density at radius 2 is 1.32 bits per heavy atom. The van der Waals surface area contributed by atoms with Crippen LogP contribution >= 0.6 is 15.9 Å². The van der Waals surface area contributed by atoms with E-state index in [1.807, 2.05) is 0 Å². The first kappa shape index (κ1) is 30.4. The summed E-state index contributed by atoms with van der Waals surface area (Å²) in [4.78, 5) is 12.0. The molecule has 4 nitrogen and oxygen atoms in total. The van der Waals surface area contributed by atoms with Crippen LogP contribution in [0.2, 0.25) is 0 Å². The summed E-state index contributed by atoms with van der Waals surface area (Å²) in [5.74, 6) is -0.103. The van der Waals surface area contributed by atoms with Crippen LogP contribution in [0.15, 0.2) is 24.3 Å². The summed E-state index contributed by atoms with van der Waals surface area (Å²) >= 11 is 3.45. The molecule has 0 aliphatic carbocycles. The van der Waals surface area contributed by atoms with Gasteiger partial charge >= 0.3 is 5.97 Å². The lowest BCUT2D eigenvalue weighted by Crippen LogP contribution is -2.19. The Morgan fingerprint density at radius 3 is 1.90 bits per heavy atom. The molecule has 0 saturated heterocycles. The largest absolute Gasteiger partial charge is 0.466 e. The van der Waals surface area contributed by atoms with Gasteiger partial charge in [-0.05, 0) is 64.2 Å². The second kappa shape index (κ2) is 25.6. The molecule has 0 rings (SSSR count). The van der Waals surface area contributed by atoms with Crippen LogP contribution in [0.25, 0.3) is 0 Å². The maximum Gasteiger partial charge on any atom is 0.305 e. The van der Waals surface area contributed by atoms with Gasteiger partial charge in [0.15, 0.2) is 6.29 Å².